The number of hydrogen-bond acceptors (Lipinski definition) is 4. The number of benzene rings is 2. The largest absolute Gasteiger partial charge is 0.354 e. The van der Waals surface area contributed by atoms with E-state index in [0.29, 0.717) is 6.42 Å². The summed E-state index contributed by atoms with van der Waals surface area (Å²) < 4.78 is 25.9. The number of sulfone groups is 1. The maximum absolute atomic E-state index is 12.0. The summed E-state index contributed by atoms with van der Waals surface area (Å²) in [6, 6.07) is 18.9. The Morgan fingerprint density at radius 1 is 1.03 bits per heavy atom. The Hall–Kier alpha value is -2.90. The van der Waals surface area contributed by atoms with Crippen LogP contribution in [0.15, 0.2) is 54.6 Å². The second kappa shape index (κ2) is 8.47. The predicted molar refractivity (Wildman–Crippen MR) is 133 cm³/mol. The lowest BCUT2D eigenvalue weighted by atomic mass is 10.0. The molecule has 5 rings (SSSR count). The molecule has 0 unspecified atom stereocenters. The van der Waals surface area contributed by atoms with Crippen molar-refractivity contribution in [3.8, 4) is 11.3 Å². The highest BCUT2D eigenvalue weighted by Crippen LogP contribution is 2.32. The molecule has 1 saturated heterocycles. The molecule has 7 heteroatoms. The van der Waals surface area contributed by atoms with Crippen LogP contribution < -0.4 is 0 Å². The van der Waals surface area contributed by atoms with Gasteiger partial charge in [-0.1, -0.05) is 48.5 Å². The molecule has 1 aliphatic heterocycles. The molecule has 3 heterocycles. The highest BCUT2D eigenvalue weighted by Gasteiger charge is 2.31. The quantitative estimate of drug-likeness (QED) is 0.453. The van der Waals surface area contributed by atoms with E-state index in [0.717, 1.165) is 35.7 Å². The van der Waals surface area contributed by atoms with E-state index in [4.69, 9.17) is 5.10 Å². The molecule has 4 aromatic rings. The molecule has 1 aliphatic rings. The van der Waals surface area contributed by atoms with E-state index in [2.05, 4.69) is 72.4 Å². The van der Waals surface area contributed by atoms with Crippen molar-refractivity contribution in [2.24, 2.45) is 0 Å². The summed E-state index contributed by atoms with van der Waals surface area (Å²) in [6.07, 6.45) is 0.648. The Bertz CT molecular complexity index is 1400. The first-order chi connectivity index (χ1) is 15.8. The minimum Gasteiger partial charge on any atom is -0.354 e. The van der Waals surface area contributed by atoms with Crippen LogP contribution in [-0.4, -0.2) is 46.6 Å². The summed E-state index contributed by atoms with van der Waals surface area (Å²) in [6.45, 7) is 5.63. The van der Waals surface area contributed by atoms with Gasteiger partial charge >= 0.3 is 0 Å². The van der Waals surface area contributed by atoms with Crippen molar-refractivity contribution in [3.05, 3.63) is 77.1 Å². The van der Waals surface area contributed by atoms with Crippen molar-refractivity contribution in [3.63, 3.8) is 0 Å². The molecule has 0 saturated carbocycles. The molecular formula is C26H30N4O2S. The molecule has 0 aliphatic carbocycles. The summed E-state index contributed by atoms with van der Waals surface area (Å²) >= 11 is 0. The molecule has 1 N–H and O–H groups in total. The van der Waals surface area contributed by atoms with E-state index in [1.54, 1.807) is 0 Å². The van der Waals surface area contributed by atoms with Gasteiger partial charge in [0, 0.05) is 35.2 Å². The van der Waals surface area contributed by atoms with E-state index in [-0.39, 0.29) is 17.5 Å². The van der Waals surface area contributed by atoms with Gasteiger partial charge in [-0.25, -0.2) is 8.42 Å². The van der Waals surface area contributed by atoms with Gasteiger partial charge in [0.15, 0.2) is 9.84 Å². The monoisotopic (exact) mass is 462 g/mol. The number of rotatable bonds is 6. The van der Waals surface area contributed by atoms with Gasteiger partial charge in [0.05, 0.1) is 28.9 Å². The summed E-state index contributed by atoms with van der Waals surface area (Å²) in [5, 5.41) is 5.98. The normalized spacial score (nSPS) is 17.9. The van der Waals surface area contributed by atoms with Crippen molar-refractivity contribution in [2.75, 3.05) is 18.6 Å². The van der Waals surface area contributed by atoms with Crippen LogP contribution in [0.1, 0.15) is 35.0 Å². The second-order valence-electron chi connectivity index (χ2n) is 9.21. The number of H-pyrrole nitrogens is 1. The van der Waals surface area contributed by atoms with Crippen LogP contribution in [0.3, 0.4) is 0 Å². The van der Waals surface area contributed by atoms with Gasteiger partial charge in [0.2, 0.25) is 0 Å². The first-order valence-electron chi connectivity index (χ1n) is 11.4. The predicted octanol–water partition coefficient (Wildman–Crippen LogP) is 4.64. The summed E-state index contributed by atoms with van der Waals surface area (Å²) in [4.78, 5) is 5.94. The van der Waals surface area contributed by atoms with Gasteiger partial charge in [0.25, 0.3) is 0 Å². The number of aryl methyl sites for hydroxylation is 1. The minimum atomic E-state index is -2.95. The van der Waals surface area contributed by atoms with E-state index in [9.17, 15) is 8.42 Å². The van der Waals surface area contributed by atoms with Crippen molar-refractivity contribution < 1.29 is 8.42 Å². The maximum Gasteiger partial charge on any atom is 0.152 e. The lowest BCUT2D eigenvalue weighted by Gasteiger charge is -2.18. The van der Waals surface area contributed by atoms with Crippen LogP contribution in [0.4, 0.5) is 0 Å². The third-order valence-electron chi connectivity index (χ3n) is 6.76. The minimum absolute atomic E-state index is 0.0499. The lowest BCUT2D eigenvalue weighted by Crippen LogP contribution is -2.19. The molecule has 2 aromatic heterocycles. The van der Waals surface area contributed by atoms with Gasteiger partial charge in [-0.15, -0.1) is 0 Å². The Labute approximate surface area is 195 Å². The number of nitrogens with zero attached hydrogens (tertiary/aromatic N) is 3. The average molecular weight is 463 g/mol. The molecular weight excluding hydrogens is 432 g/mol. The Balaban J connectivity index is 1.43. The molecule has 0 bridgehead atoms. The standard InChI is InChI=1S/C26H30N4O2S/c1-18-23(19(2)30(28-18)21-13-14-33(31,32)17-21)15-29(3)16-24-22-11-7-8-12-25(22)27-26(24)20-9-5-4-6-10-20/h4-12,21,27H,13-17H2,1-3H3/t21-/m1/s1. The fourth-order valence-corrected chi connectivity index (χ4v) is 6.75. The molecule has 33 heavy (non-hydrogen) atoms. The van der Waals surface area contributed by atoms with Crippen molar-refractivity contribution in [2.45, 2.75) is 39.4 Å². The summed E-state index contributed by atoms with van der Waals surface area (Å²) in [7, 11) is -0.816. The molecule has 2 aromatic carbocycles. The third kappa shape index (κ3) is 4.23. The van der Waals surface area contributed by atoms with Gasteiger partial charge < -0.3 is 4.98 Å². The lowest BCUT2D eigenvalue weighted by molar-refractivity contribution is 0.319. The van der Waals surface area contributed by atoms with Crippen LogP contribution in [0.25, 0.3) is 22.2 Å². The zero-order valence-electron chi connectivity index (χ0n) is 19.4. The number of fused-ring (bicyclic) bond motifs is 1. The highest BCUT2D eigenvalue weighted by atomic mass is 32.2. The molecule has 0 spiro atoms. The average Bonchev–Trinajstić information content (AvgIpc) is 3.43. The number of para-hydroxylation sites is 1. The molecule has 1 fully saturated rings. The summed E-state index contributed by atoms with van der Waals surface area (Å²) in [5.74, 6) is 0.452. The van der Waals surface area contributed by atoms with Crippen LogP contribution in [0.2, 0.25) is 0 Å². The number of aromatic amines is 1. The van der Waals surface area contributed by atoms with E-state index in [1.807, 2.05) is 17.7 Å². The topological polar surface area (TPSA) is 71.0 Å². The Kier molecular flexibility index (Phi) is 5.62. The van der Waals surface area contributed by atoms with Crippen LogP contribution >= 0.6 is 0 Å². The highest BCUT2D eigenvalue weighted by molar-refractivity contribution is 7.91. The molecule has 172 valence electrons. The van der Waals surface area contributed by atoms with Crippen LogP contribution in [0, 0.1) is 13.8 Å². The van der Waals surface area contributed by atoms with E-state index < -0.39 is 9.84 Å². The van der Waals surface area contributed by atoms with E-state index >= 15 is 0 Å². The maximum atomic E-state index is 12.0. The van der Waals surface area contributed by atoms with Crippen molar-refractivity contribution in [1.29, 1.82) is 0 Å². The van der Waals surface area contributed by atoms with Crippen molar-refractivity contribution in [1.82, 2.24) is 19.7 Å². The molecule has 1 atom stereocenters. The zero-order valence-corrected chi connectivity index (χ0v) is 20.2. The first kappa shape index (κ1) is 21.9. The van der Waals surface area contributed by atoms with Gasteiger partial charge in [-0.2, -0.15) is 5.10 Å². The van der Waals surface area contributed by atoms with Gasteiger partial charge in [0.1, 0.15) is 0 Å². The third-order valence-corrected chi connectivity index (χ3v) is 8.51. The number of hydrogen-bond donors (Lipinski definition) is 1. The van der Waals surface area contributed by atoms with Crippen LogP contribution in [0.5, 0.6) is 0 Å². The SMILES string of the molecule is Cc1nn([C@@H]2CCS(=O)(=O)C2)c(C)c1CN(C)Cc1c(-c2ccccc2)[nH]c2ccccc12. The van der Waals surface area contributed by atoms with E-state index in [1.165, 1.54) is 22.1 Å². The first-order valence-corrected chi connectivity index (χ1v) is 13.2. The fraction of sp³-hybridized carbons (Fsp3) is 0.346. The second-order valence-corrected chi connectivity index (χ2v) is 11.4. The smallest absolute Gasteiger partial charge is 0.152 e. The Morgan fingerprint density at radius 2 is 1.73 bits per heavy atom. The number of aromatic nitrogens is 3. The van der Waals surface area contributed by atoms with Crippen LogP contribution in [-0.2, 0) is 22.9 Å². The van der Waals surface area contributed by atoms with Gasteiger partial charge in [-0.3, -0.25) is 9.58 Å². The molecule has 6 nitrogen and oxygen atoms in total. The fourth-order valence-electron chi connectivity index (χ4n) is 5.06. The molecule has 0 amide bonds. The Morgan fingerprint density at radius 3 is 2.45 bits per heavy atom. The number of nitrogens with one attached hydrogen (secondary N) is 1. The molecule has 0 radical (unpaired) electrons. The van der Waals surface area contributed by atoms with Gasteiger partial charge in [-0.05, 0) is 44.5 Å². The van der Waals surface area contributed by atoms with Crippen molar-refractivity contribution >= 4 is 20.7 Å². The summed E-state index contributed by atoms with van der Waals surface area (Å²) in [5.41, 5.74) is 7.99. The zero-order chi connectivity index (χ0) is 23.2.